The predicted molar refractivity (Wildman–Crippen MR) is 81.8 cm³/mol. The van der Waals surface area contributed by atoms with Gasteiger partial charge < -0.3 is 9.73 Å². The highest BCUT2D eigenvalue weighted by atomic mass is 19.1. The van der Waals surface area contributed by atoms with E-state index in [2.05, 4.69) is 5.32 Å². The molecule has 0 aliphatic rings. The Balaban J connectivity index is 1.98. The van der Waals surface area contributed by atoms with Gasteiger partial charge in [0.05, 0.1) is 0 Å². The van der Waals surface area contributed by atoms with E-state index in [1.807, 2.05) is 6.07 Å². The lowest BCUT2D eigenvalue weighted by molar-refractivity contribution is 0.102. The number of furan rings is 1. The Kier molecular flexibility index (Phi) is 3.69. The highest BCUT2D eigenvalue weighted by molar-refractivity contribution is 6.07. The van der Waals surface area contributed by atoms with E-state index in [0.29, 0.717) is 17.3 Å². The monoisotopic (exact) mass is 309 g/mol. The third kappa shape index (κ3) is 2.72. The van der Waals surface area contributed by atoms with Gasteiger partial charge in [-0.25, -0.2) is 4.39 Å². The fraction of sp³-hybridized carbons (Fsp3) is 0.0588. The van der Waals surface area contributed by atoms with E-state index in [1.165, 1.54) is 24.3 Å². The maximum absolute atomic E-state index is 12.9. The molecule has 0 saturated carbocycles. The van der Waals surface area contributed by atoms with Crippen molar-refractivity contribution in [3.63, 3.8) is 0 Å². The summed E-state index contributed by atoms with van der Waals surface area (Å²) in [6.45, 7) is 1.62. The number of nitrogens with one attached hydrogen (secondary N) is 1. The van der Waals surface area contributed by atoms with E-state index < -0.39 is 11.7 Å². The van der Waals surface area contributed by atoms with Gasteiger partial charge in [0.25, 0.3) is 5.91 Å². The second-order valence-electron chi connectivity index (χ2n) is 4.88. The van der Waals surface area contributed by atoms with Crippen LogP contribution in [-0.2, 0) is 0 Å². The molecule has 0 bridgehead atoms. The maximum atomic E-state index is 12.9. The standard InChI is InChI=1S/C17H12FN3O2/c1-11-15(16(22)20-13-6-4-12(18)5-7-13)14(10-19)17(23-11)21-8-2-3-9-21/h2-9H,1H3,(H,20,22). The minimum Gasteiger partial charge on any atom is -0.443 e. The zero-order valence-electron chi connectivity index (χ0n) is 12.2. The molecule has 0 radical (unpaired) electrons. The fourth-order valence-corrected chi connectivity index (χ4v) is 2.29. The summed E-state index contributed by atoms with van der Waals surface area (Å²) < 4.78 is 20.1. The summed E-state index contributed by atoms with van der Waals surface area (Å²) >= 11 is 0. The molecule has 1 amide bonds. The van der Waals surface area contributed by atoms with Crippen molar-refractivity contribution in [1.82, 2.24) is 4.57 Å². The molecule has 0 atom stereocenters. The molecule has 3 rings (SSSR count). The Morgan fingerprint density at radius 1 is 1.26 bits per heavy atom. The lowest BCUT2D eigenvalue weighted by Crippen LogP contribution is -2.13. The van der Waals surface area contributed by atoms with Gasteiger partial charge in [-0.2, -0.15) is 5.26 Å². The zero-order chi connectivity index (χ0) is 16.4. The first-order chi connectivity index (χ1) is 11.1. The van der Waals surface area contributed by atoms with Crippen LogP contribution in [0.15, 0.2) is 53.2 Å². The summed E-state index contributed by atoms with van der Waals surface area (Å²) in [6.07, 6.45) is 3.45. The van der Waals surface area contributed by atoms with Crippen molar-refractivity contribution in [1.29, 1.82) is 5.26 Å². The topological polar surface area (TPSA) is 71.0 Å². The van der Waals surface area contributed by atoms with Crippen LogP contribution in [0.2, 0.25) is 0 Å². The average molecular weight is 309 g/mol. The third-order valence-corrected chi connectivity index (χ3v) is 3.35. The van der Waals surface area contributed by atoms with Crippen molar-refractivity contribution < 1.29 is 13.6 Å². The largest absolute Gasteiger partial charge is 0.443 e. The van der Waals surface area contributed by atoms with Gasteiger partial charge in [0.1, 0.15) is 28.8 Å². The number of carbonyl (C=O) groups excluding carboxylic acids is 1. The summed E-state index contributed by atoms with van der Waals surface area (Å²) in [4.78, 5) is 12.5. The predicted octanol–water partition coefficient (Wildman–Crippen LogP) is 3.64. The van der Waals surface area contributed by atoms with Gasteiger partial charge in [-0.3, -0.25) is 9.36 Å². The molecule has 0 spiro atoms. The number of benzene rings is 1. The number of aryl methyl sites for hydroxylation is 1. The third-order valence-electron chi connectivity index (χ3n) is 3.35. The summed E-state index contributed by atoms with van der Waals surface area (Å²) in [5.74, 6) is -0.243. The Bertz CT molecular complexity index is 887. The highest BCUT2D eigenvalue weighted by Gasteiger charge is 2.24. The highest BCUT2D eigenvalue weighted by Crippen LogP contribution is 2.26. The van der Waals surface area contributed by atoms with Gasteiger partial charge in [0, 0.05) is 18.1 Å². The first-order valence-corrected chi connectivity index (χ1v) is 6.84. The Morgan fingerprint density at radius 3 is 2.52 bits per heavy atom. The van der Waals surface area contributed by atoms with Crippen LogP contribution in [-0.4, -0.2) is 10.5 Å². The van der Waals surface area contributed by atoms with E-state index in [4.69, 9.17) is 4.42 Å². The number of rotatable bonds is 3. The molecule has 0 unspecified atom stereocenters. The number of aromatic nitrogens is 1. The molecule has 114 valence electrons. The van der Waals surface area contributed by atoms with Crippen LogP contribution in [0.3, 0.4) is 0 Å². The van der Waals surface area contributed by atoms with Crippen LogP contribution < -0.4 is 5.32 Å². The molecule has 2 heterocycles. The van der Waals surface area contributed by atoms with Gasteiger partial charge in [-0.15, -0.1) is 0 Å². The Hall–Kier alpha value is -3.33. The zero-order valence-corrected chi connectivity index (χ0v) is 12.2. The van der Waals surface area contributed by atoms with Crippen LogP contribution in [0.25, 0.3) is 5.88 Å². The molecule has 5 nitrogen and oxygen atoms in total. The molecular weight excluding hydrogens is 297 g/mol. The molecule has 0 fully saturated rings. The summed E-state index contributed by atoms with van der Waals surface area (Å²) in [6, 6.07) is 11.0. The van der Waals surface area contributed by atoms with Crippen molar-refractivity contribution in [3.05, 3.63) is 71.5 Å². The van der Waals surface area contributed by atoms with Crippen molar-refractivity contribution in [3.8, 4) is 12.0 Å². The van der Waals surface area contributed by atoms with Crippen LogP contribution in [0.1, 0.15) is 21.7 Å². The minimum atomic E-state index is -0.479. The van der Waals surface area contributed by atoms with Crippen LogP contribution in [0.5, 0.6) is 0 Å². The van der Waals surface area contributed by atoms with Gasteiger partial charge in [-0.05, 0) is 43.3 Å². The molecule has 0 saturated heterocycles. The number of anilines is 1. The van der Waals surface area contributed by atoms with Gasteiger partial charge in [-0.1, -0.05) is 0 Å². The fourth-order valence-electron chi connectivity index (χ4n) is 2.29. The molecule has 0 aliphatic heterocycles. The smallest absolute Gasteiger partial charge is 0.260 e. The molecular formula is C17H12FN3O2. The van der Waals surface area contributed by atoms with Gasteiger partial charge in [0.2, 0.25) is 5.88 Å². The molecule has 6 heteroatoms. The summed E-state index contributed by atoms with van der Waals surface area (Å²) in [5.41, 5.74) is 0.752. The number of halogens is 1. The normalized spacial score (nSPS) is 10.3. The summed E-state index contributed by atoms with van der Waals surface area (Å²) in [7, 11) is 0. The lowest BCUT2D eigenvalue weighted by Gasteiger charge is -2.04. The first kappa shape index (κ1) is 14.6. The lowest BCUT2D eigenvalue weighted by atomic mass is 10.1. The van der Waals surface area contributed by atoms with E-state index in [0.717, 1.165) is 0 Å². The van der Waals surface area contributed by atoms with E-state index in [1.54, 1.807) is 36.0 Å². The summed E-state index contributed by atoms with van der Waals surface area (Å²) in [5, 5.41) is 12.0. The number of carbonyl (C=O) groups is 1. The van der Waals surface area contributed by atoms with Crippen LogP contribution in [0, 0.1) is 24.1 Å². The van der Waals surface area contributed by atoms with Crippen LogP contribution >= 0.6 is 0 Å². The molecule has 23 heavy (non-hydrogen) atoms. The second-order valence-corrected chi connectivity index (χ2v) is 4.88. The van der Waals surface area contributed by atoms with Crippen molar-refractivity contribution >= 4 is 11.6 Å². The maximum Gasteiger partial charge on any atom is 0.260 e. The molecule has 0 aliphatic carbocycles. The van der Waals surface area contributed by atoms with Crippen molar-refractivity contribution in [2.75, 3.05) is 5.32 Å². The number of hydrogen-bond donors (Lipinski definition) is 1. The van der Waals surface area contributed by atoms with E-state index in [9.17, 15) is 14.4 Å². The molecule has 2 aromatic heterocycles. The number of nitriles is 1. The second kappa shape index (κ2) is 5.81. The van der Waals surface area contributed by atoms with Gasteiger partial charge in [0.15, 0.2) is 0 Å². The molecule has 3 aromatic rings. The SMILES string of the molecule is Cc1oc(-n2cccc2)c(C#N)c1C(=O)Nc1ccc(F)cc1. The minimum absolute atomic E-state index is 0.151. The molecule has 1 N–H and O–H groups in total. The van der Waals surface area contributed by atoms with E-state index >= 15 is 0 Å². The van der Waals surface area contributed by atoms with Crippen molar-refractivity contribution in [2.24, 2.45) is 0 Å². The number of hydrogen-bond acceptors (Lipinski definition) is 3. The molecule has 1 aromatic carbocycles. The average Bonchev–Trinajstić information content (AvgIpc) is 3.16. The van der Waals surface area contributed by atoms with Crippen LogP contribution in [0.4, 0.5) is 10.1 Å². The van der Waals surface area contributed by atoms with Crippen molar-refractivity contribution in [2.45, 2.75) is 6.92 Å². The first-order valence-electron chi connectivity index (χ1n) is 6.84. The van der Waals surface area contributed by atoms with E-state index in [-0.39, 0.29) is 11.1 Å². The number of nitrogens with zero attached hydrogens (tertiary/aromatic N) is 2. The Morgan fingerprint density at radius 2 is 1.91 bits per heavy atom. The van der Waals surface area contributed by atoms with Gasteiger partial charge >= 0.3 is 0 Å². The Labute approximate surface area is 131 Å². The number of amides is 1. The quantitative estimate of drug-likeness (QED) is 0.803.